The van der Waals surface area contributed by atoms with E-state index in [1.54, 1.807) is 12.2 Å². The van der Waals surface area contributed by atoms with Gasteiger partial charge in [0.1, 0.15) is 12.4 Å². The fraction of sp³-hybridized carbons (Fsp3) is 0.0526. The number of hydrogen-bond acceptors (Lipinski definition) is 4. The molecule has 0 saturated carbocycles. The molecule has 0 saturated heterocycles. The van der Waals surface area contributed by atoms with Gasteiger partial charge in [0.2, 0.25) is 5.90 Å². The van der Waals surface area contributed by atoms with Gasteiger partial charge in [-0.1, -0.05) is 30.9 Å². The quantitative estimate of drug-likeness (QED) is 0.309. The number of rotatable bonds is 5. The minimum atomic E-state index is -0.448. The summed E-state index contributed by atoms with van der Waals surface area (Å²) in [4.78, 5) is 16.3. The maximum atomic E-state index is 12.0. The summed E-state index contributed by atoms with van der Waals surface area (Å²) in [6.07, 6.45) is 3.38. The molecule has 0 bridgehead atoms. The van der Waals surface area contributed by atoms with E-state index in [1.165, 1.54) is 0 Å². The zero-order valence-corrected chi connectivity index (χ0v) is 14.9. The summed E-state index contributed by atoms with van der Waals surface area (Å²) in [5.74, 6) is 0.626. The van der Waals surface area contributed by atoms with Gasteiger partial charge >= 0.3 is 5.97 Å². The molecule has 0 atom stereocenters. The number of cyclic esters (lactones) is 1. The molecule has 0 aliphatic carbocycles. The van der Waals surface area contributed by atoms with Crippen molar-refractivity contribution in [3.63, 3.8) is 0 Å². The minimum absolute atomic E-state index is 0.281. The lowest BCUT2D eigenvalue weighted by molar-refractivity contribution is -0.129. The summed E-state index contributed by atoms with van der Waals surface area (Å²) < 4.78 is 11.7. The Labute approximate surface area is 153 Å². The van der Waals surface area contributed by atoms with Crippen molar-refractivity contribution in [3.05, 3.63) is 81.6 Å². The zero-order chi connectivity index (χ0) is 16.9. The summed E-state index contributed by atoms with van der Waals surface area (Å²) in [6.45, 7) is 4.06. The van der Waals surface area contributed by atoms with E-state index in [0.29, 0.717) is 12.5 Å². The number of aliphatic imine (C=N–C) groups is 1. The number of halogens is 1. The molecule has 0 radical (unpaired) electrons. The molecule has 0 aromatic heterocycles. The molecule has 3 rings (SSSR count). The molecule has 0 amide bonds. The summed E-state index contributed by atoms with van der Waals surface area (Å²) in [5.41, 5.74) is 1.91. The number of esters is 1. The number of nitrogens with zero attached hydrogens (tertiary/aromatic N) is 1. The molecule has 1 heterocycles. The number of ether oxygens (including phenoxy) is 2. The Morgan fingerprint density at radius 3 is 2.71 bits per heavy atom. The Morgan fingerprint density at radius 1 is 1.21 bits per heavy atom. The van der Waals surface area contributed by atoms with Crippen LogP contribution in [0.3, 0.4) is 0 Å². The fourth-order valence-electron chi connectivity index (χ4n) is 2.13. The van der Waals surface area contributed by atoms with Gasteiger partial charge in [-0.15, -0.1) is 0 Å². The van der Waals surface area contributed by atoms with Crippen LogP contribution < -0.4 is 4.74 Å². The third-order valence-electron chi connectivity index (χ3n) is 3.24. The summed E-state index contributed by atoms with van der Waals surface area (Å²) in [7, 11) is 0. The predicted molar refractivity (Wildman–Crippen MR) is 102 cm³/mol. The molecule has 0 spiro atoms. The zero-order valence-electron chi connectivity index (χ0n) is 12.7. The van der Waals surface area contributed by atoms with Crippen molar-refractivity contribution in [2.45, 2.75) is 0 Å². The Hall–Kier alpha value is -2.41. The smallest absolute Gasteiger partial charge is 0.363 e. The van der Waals surface area contributed by atoms with Crippen molar-refractivity contribution in [3.8, 4) is 5.75 Å². The maximum absolute atomic E-state index is 12.0. The van der Waals surface area contributed by atoms with Crippen LogP contribution >= 0.6 is 22.6 Å². The molecule has 5 heteroatoms. The van der Waals surface area contributed by atoms with Gasteiger partial charge in [-0.05, 0) is 64.6 Å². The lowest BCUT2D eigenvalue weighted by atomic mass is 10.2. The lowest BCUT2D eigenvalue weighted by Gasteiger charge is -2.02. The van der Waals surface area contributed by atoms with E-state index >= 15 is 0 Å². The van der Waals surface area contributed by atoms with E-state index in [0.717, 1.165) is 20.4 Å². The monoisotopic (exact) mass is 431 g/mol. The van der Waals surface area contributed by atoms with E-state index < -0.39 is 5.97 Å². The highest BCUT2D eigenvalue weighted by atomic mass is 127. The molecule has 1 aliphatic rings. The first-order chi connectivity index (χ1) is 11.7. The molecule has 2 aromatic rings. The second-order valence-corrected chi connectivity index (χ2v) is 6.26. The van der Waals surface area contributed by atoms with Gasteiger partial charge in [-0.2, -0.15) is 0 Å². The van der Waals surface area contributed by atoms with Crippen LogP contribution in [0.4, 0.5) is 0 Å². The first-order valence-corrected chi connectivity index (χ1v) is 8.36. The first-order valence-electron chi connectivity index (χ1n) is 7.28. The first kappa shape index (κ1) is 16.4. The summed E-state index contributed by atoms with van der Waals surface area (Å²) >= 11 is 2.21. The summed E-state index contributed by atoms with van der Waals surface area (Å²) in [6, 6.07) is 15.0. The molecule has 1 aliphatic heterocycles. The van der Waals surface area contributed by atoms with Crippen molar-refractivity contribution in [1.29, 1.82) is 0 Å². The number of carbonyl (C=O) groups excluding carboxylic acids is 1. The van der Waals surface area contributed by atoms with E-state index in [-0.39, 0.29) is 5.70 Å². The van der Waals surface area contributed by atoms with Crippen molar-refractivity contribution in [2.75, 3.05) is 6.61 Å². The molecule has 4 nitrogen and oxygen atoms in total. The van der Waals surface area contributed by atoms with Crippen LogP contribution in [-0.4, -0.2) is 18.5 Å². The van der Waals surface area contributed by atoms with Crippen molar-refractivity contribution in [1.82, 2.24) is 0 Å². The molecule has 0 fully saturated rings. The van der Waals surface area contributed by atoms with Crippen molar-refractivity contribution in [2.24, 2.45) is 4.99 Å². The van der Waals surface area contributed by atoms with Gasteiger partial charge in [0.25, 0.3) is 0 Å². The third kappa shape index (κ3) is 3.91. The van der Waals surface area contributed by atoms with Gasteiger partial charge in [0, 0.05) is 9.13 Å². The Balaban J connectivity index is 1.82. The number of carbonyl (C=O) groups is 1. The maximum Gasteiger partial charge on any atom is 0.363 e. The van der Waals surface area contributed by atoms with Gasteiger partial charge in [-0.25, -0.2) is 9.79 Å². The highest BCUT2D eigenvalue weighted by Gasteiger charge is 2.24. The molecule has 2 aromatic carbocycles. The number of hydrogen-bond donors (Lipinski definition) is 0. The van der Waals surface area contributed by atoms with E-state index in [2.05, 4.69) is 34.2 Å². The van der Waals surface area contributed by atoms with Crippen LogP contribution in [0, 0.1) is 3.57 Å². The highest BCUT2D eigenvalue weighted by molar-refractivity contribution is 14.1. The van der Waals surface area contributed by atoms with Crippen LogP contribution in [0.1, 0.15) is 11.1 Å². The highest BCUT2D eigenvalue weighted by Crippen LogP contribution is 2.21. The largest absolute Gasteiger partial charge is 0.490 e. The molecular weight excluding hydrogens is 417 g/mol. The average molecular weight is 431 g/mol. The van der Waals surface area contributed by atoms with Crippen LogP contribution in [0.2, 0.25) is 0 Å². The fourth-order valence-corrected chi connectivity index (χ4v) is 2.67. The summed E-state index contributed by atoms with van der Waals surface area (Å²) in [5, 5.41) is 0. The second kappa shape index (κ2) is 7.44. The Morgan fingerprint density at radius 2 is 2.00 bits per heavy atom. The number of benzene rings is 2. The van der Waals surface area contributed by atoms with E-state index in [1.807, 2.05) is 48.5 Å². The average Bonchev–Trinajstić information content (AvgIpc) is 2.95. The van der Waals surface area contributed by atoms with Crippen LogP contribution in [-0.2, 0) is 9.53 Å². The van der Waals surface area contributed by atoms with E-state index in [9.17, 15) is 4.79 Å². The SMILES string of the molecule is C=CCOc1ccc(C=C2N=C(c3cccc(I)c3)OC2=O)cc1. The normalized spacial score (nSPS) is 15.1. The van der Waals surface area contributed by atoms with Gasteiger partial charge in [0.15, 0.2) is 5.70 Å². The molecule has 0 unspecified atom stereocenters. The molecular formula is C19H14INO3. The predicted octanol–water partition coefficient (Wildman–Crippen LogP) is 4.20. The molecule has 120 valence electrons. The van der Waals surface area contributed by atoms with E-state index in [4.69, 9.17) is 9.47 Å². The topological polar surface area (TPSA) is 47.9 Å². The molecule has 24 heavy (non-hydrogen) atoms. The van der Waals surface area contributed by atoms with Crippen molar-refractivity contribution < 1.29 is 14.3 Å². The van der Waals surface area contributed by atoms with Gasteiger partial charge in [-0.3, -0.25) is 0 Å². The third-order valence-corrected chi connectivity index (χ3v) is 3.91. The van der Waals surface area contributed by atoms with Gasteiger partial charge < -0.3 is 9.47 Å². The minimum Gasteiger partial charge on any atom is -0.490 e. The Kier molecular flexibility index (Phi) is 5.10. The van der Waals surface area contributed by atoms with Crippen LogP contribution in [0.25, 0.3) is 6.08 Å². The van der Waals surface area contributed by atoms with Gasteiger partial charge in [0.05, 0.1) is 0 Å². The lowest BCUT2D eigenvalue weighted by Crippen LogP contribution is -2.05. The van der Waals surface area contributed by atoms with Crippen molar-refractivity contribution >= 4 is 40.5 Å². The van der Waals surface area contributed by atoms with Crippen LogP contribution in [0.15, 0.2) is 71.9 Å². The standard InChI is InChI=1S/C19H14INO3/c1-2-10-23-16-8-6-13(7-9-16)11-17-19(22)24-18(21-17)14-4-3-5-15(20)12-14/h2-9,11-12H,1,10H2. The second-order valence-electron chi connectivity index (χ2n) is 5.02. The van der Waals surface area contributed by atoms with Crippen LogP contribution in [0.5, 0.6) is 5.75 Å². The Bertz CT molecular complexity index is 838. The molecule has 0 N–H and O–H groups in total.